The average molecular weight is 570 g/mol. The van der Waals surface area contributed by atoms with Crippen LogP contribution < -0.4 is 4.74 Å². The molecule has 2 aliphatic heterocycles. The number of thiophene rings is 1. The highest BCUT2D eigenvalue weighted by Gasteiger charge is 2.25. The van der Waals surface area contributed by atoms with Gasteiger partial charge in [0.2, 0.25) is 5.88 Å². The van der Waals surface area contributed by atoms with Crippen LogP contribution in [0.1, 0.15) is 50.7 Å². The van der Waals surface area contributed by atoms with Gasteiger partial charge in [0, 0.05) is 25.8 Å². The smallest absolute Gasteiger partial charge is 0.348 e. The Balaban J connectivity index is 1.13. The van der Waals surface area contributed by atoms with Gasteiger partial charge in [-0.05, 0) is 60.7 Å². The van der Waals surface area contributed by atoms with Gasteiger partial charge in [-0.1, -0.05) is 18.2 Å². The van der Waals surface area contributed by atoms with Crippen LogP contribution in [0, 0.1) is 18.3 Å². The number of nitrogens with zero attached hydrogens (tertiary/aromatic N) is 5. The second-order valence-electron chi connectivity index (χ2n) is 10.3. The fourth-order valence-electron chi connectivity index (χ4n) is 5.14. The Morgan fingerprint density at radius 2 is 2.12 bits per heavy atom. The van der Waals surface area contributed by atoms with Crippen molar-refractivity contribution in [2.45, 2.75) is 45.6 Å². The molecule has 0 saturated carbocycles. The quantitative estimate of drug-likeness (QED) is 0.256. The third-order valence-electron chi connectivity index (χ3n) is 7.62. The van der Waals surface area contributed by atoms with Crippen molar-refractivity contribution in [1.29, 1.82) is 5.26 Å². The number of esters is 1. The second kappa shape index (κ2) is 11.8. The largest absolute Gasteiger partial charge is 0.473 e. The van der Waals surface area contributed by atoms with Crippen molar-refractivity contribution in [2.24, 2.45) is 0 Å². The summed E-state index contributed by atoms with van der Waals surface area (Å²) in [5.74, 6) is 1.24. The number of nitriles is 1. The van der Waals surface area contributed by atoms with E-state index in [2.05, 4.69) is 21.6 Å². The summed E-state index contributed by atoms with van der Waals surface area (Å²) in [6.07, 6.45) is 4.33. The molecule has 1 unspecified atom stereocenters. The Hall–Kier alpha value is -4.04. The molecule has 1 fully saturated rings. The first kappa shape index (κ1) is 27.1. The van der Waals surface area contributed by atoms with E-state index in [1.54, 1.807) is 0 Å². The molecular formula is C31H31N5O4S. The Morgan fingerprint density at radius 1 is 1.24 bits per heavy atom. The maximum absolute atomic E-state index is 12.1. The number of ether oxygens (including phenoxy) is 3. The molecule has 0 amide bonds. The Kier molecular flexibility index (Phi) is 7.83. The summed E-state index contributed by atoms with van der Waals surface area (Å²) in [5, 5.41) is 9.09. The Labute approximate surface area is 242 Å². The number of aromatic nitrogens is 3. The minimum absolute atomic E-state index is 0.184. The van der Waals surface area contributed by atoms with E-state index in [0.717, 1.165) is 72.1 Å². The van der Waals surface area contributed by atoms with Gasteiger partial charge in [0.25, 0.3) is 0 Å². The van der Waals surface area contributed by atoms with Gasteiger partial charge < -0.3 is 18.8 Å². The van der Waals surface area contributed by atoms with Crippen LogP contribution in [0.3, 0.4) is 0 Å². The predicted octanol–water partition coefficient (Wildman–Crippen LogP) is 5.12. The molecule has 0 bridgehead atoms. The summed E-state index contributed by atoms with van der Waals surface area (Å²) in [4.78, 5) is 25.7. The number of hydrogen-bond acceptors (Lipinski definition) is 9. The molecule has 9 nitrogen and oxygen atoms in total. The topological polar surface area (TPSA) is 102 Å². The molecule has 1 saturated heterocycles. The highest BCUT2D eigenvalue weighted by molar-refractivity contribution is 7.20. The first-order valence-electron chi connectivity index (χ1n) is 13.7. The molecule has 210 valence electrons. The first-order valence-corrected chi connectivity index (χ1v) is 14.5. The lowest BCUT2D eigenvalue weighted by Gasteiger charge is -2.29. The highest BCUT2D eigenvalue weighted by atomic mass is 32.1. The maximum Gasteiger partial charge on any atom is 0.348 e. The molecule has 3 aromatic heterocycles. The van der Waals surface area contributed by atoms with Crippen LogP contribution in [-0.2, 0) is 29.2 Å². The molecule has 5 heterocycles. The zero-order valence-corrected chi connectivity index (χ0v) is 23.9. The number of carbonyl (C=O) groups is 1. The lowest BCUT2D eigenvalue weighted by molar-refractivity contribution is -0.0591. The Morgan fingerprint density at radius 3 is 2.83 bits per heavy atom. The molecule has 1 aromatic carbocycles. The van der Waals surface area contributed by atoms with Crippen LogP contribution in [0.5, 0.6) is 5.88 Å². The Bertz CT molecular complexity index is 1660. The lowest BCUT2D eigenvalue weighted by atomic mass is 10.0. The van der Waals surface area contributed by atoms with Crippen molar-refractivity contribution >= 4 is 33.2 Å². The van der Waals surface area contributed by atoms with Crippen LogP contribution in [-0.4, -0.2) is 58.3 Å². The zero-order valence-electron chi connectivity index (χ0n) is 23.1. The fourth-order valence-corrected chi connectivity index (χ4v) is 6.19. The van der Waals surface area contributed by atoms with E-state index in [4.69, 9.17) is 29.4 Å². The number of imidazole rings is 1. The molecular weight excluding hydrogens is 538 g/mol. The molecule has 0 radical (unpaired) electrons. The van der Waals surface area contributed by atoms with Crippen molar-refractivity contribution in [3.8, 4) is 11.9 Å². The molecule has 1 atom stereocenters. The number of carbonyl (C=O) groups excluding carboxylic acids is 1. The minimum atomic E-state index is -0.331. The molecule has 4 aromatic rings. The number of aryl methyl sites for hydroxylation is 1. The van der Waals surface area contributed by atoms with E-state index in [1.165, 1.54) is 24.0 Å². The summed E-state index contributed by atoms with van der Waals surface area (Å²) in [6, 6.07) is 15.5. The van der Waals surface area contributed by atoms with Gasteiger partial charge in [-0.3, -0.25) is 4.90 Å². The summed E-state index contributed by atoms with van der Waals surface area (Å²) in [5.41, 5.74) is 5.67. The summed E-state index contributed by atoms with van der Waals surface area (Å²) >= 11 is 1.43. The summed E-state index contributed by atoms with van der Waals surface area (Å²) in [6.45, 7) is 6.31. The van der Waals surface area contributed by atoms with Gasteiger partial charge in [-0.25, -0.2) is 14.8 Å². The van der Waals surface area contributed by atoms with E-state index in [1.807, 2.05) is 49.4 Å². The van der Waals surface area contributed by atoms with Gasteiger partial charge in [0.15, 0.2) is 0 Å². The van der Waals surface area contributed by atoms with E-state index in [0.29, 0.717) is 29.5 Å². The van der Waals surface area contributed by atoms with Crippen molar-refractivity contribution in [3.63, 3.8) is 0 Å². The van der Waals surface area contributed by atoms with Gasteiger partial charge in [-0.15, -0.1) is 11.3 Å². The summed E-state index contributed by atoms with van der Waals surface area (Å²) < 4.78 is 18.9. The molecule has 2 aliphatic rings. The third kappa shape index (κ3) is 5.88. The third-order valence-corrected chi connectivity index (χ3v) is 8.75. The predicted molar refractivity (Wildman–Crippen MR) is 156 cm³/mol. The van der Waals surface area contributed by atoms with Crippen molar-refractivity contribution in [3.05, 3.63) is 81.6 Å². The lowest BCUT2D eigenvalue weighted by Crippen LogP contribution is -2.33. The summed E-state index contributed by atoms with van der Waals surface area (Å²) in [7, 11) is 1.40. The van der Waals surface area contributed by atoms with Gasteiger partial charge >= 0.3 is 5.97 Å². The van der Waals surface area contributed by atoms with Gasteiger partial charge in [-0.2, -0.15) is 5.26 Å². The van der Waals surface area contributed by atoms with Gasteiger partial charge in [0.05, 0.1) is 43.6 Å². The molecule has 41 heavy (non-hydrogen) atoms. The van der Waals surface area contributed by atoms with Crippen LogP contribution in [0.2, 0.25) is 0 Å². The standard InChI is InChI=1S/C31H31N5O4S/c1-20-14-21(16-32)6-7-23(20)19-40-29-5-3-4-25(34-29)22-8-11-35(12-9-22)18-28-33-26-15-27(31(37)38-2)41-30(26)36(28)17-24-10-13-39-24/h3-8,14-15,24H,9-13,17-19H2,1-2H3. The monoisotopic (exact) mass is 569 g/mol. The van der Waals surface area contributed by atoms with Crippen molar-refractivity contribution < 1.29 is 19.0 Å². The normalized spacial score (nSPS) is 17.1. The minimum Gasteiger partial charge on any atom is -0.473 e. The molecule has 0 spiro atoms. The number of hydrogen-bond donors (Lipinski definition) is 0. The van der Waals surface area contributed by atoms with E-state index in [-0.39, 0.29) is 12.1 Å². The van der Waals surface area contributed by atoms with Crippen LogP contribution >= 0.6 is 11.3 Å². The van der Waals surface area contributed by atoms with Crippen molar-refractivity contribution in [2.75, 3.05) is 26.8 Å². The number of rotatable bonds is 9. The number of pyridine rings is 1. The fraction of sp³-hybridized carbons (Fsp3) is 0.355. The first-order chi connectivity index (χ1) is 20.0. The molecule has 0 aliphatic carbocycles. The zero-order chi connectivity index (χ0) is 28.3. The SMILES string of the molecule is COC(=O)c1cc2nc(CN3CC=C(c4cccc(OCc5ccc(C#N)cc5C)n4)CC3)n(CC3CCO3)c2s1. The molecule has 6 rings (SSSR count). The van der Waals surface area contributed by atoms with Crippen LogP contribution in [0.25, 0.3) is 15.9 Å². The second-order valence-corrected chi connectivity index (χ2v) is 11.4. The van der Waals surface area contributed by atoms with Crippen molar-refractivity contribution in [1.82, 2.24) is 19.4 Å². The van der Waals surface area contributed by atoms with E-state index >= 15 is 0 Å². The van der Waals surface area contributed by atoms with Crippen LogP contribution in [0.4, 0.5) is 0 Å². The molecule has 0 N–H and O–H groups in total. The van der Waals surface area contributed by atoms with E-state index < -0.39 is 0 Å². The molecule has 10 heteroatoms. The van der Waals surface area contributed by atoms with Gasteiger partial charge in [0.1, 0.15) is 27.7 Å². The highest BCUT2D eigenvalue weighted by Crippen LogP contribution is 2.30. The number of fused-ring (bicyclic) bond motifs is 1. The number of benzene rings is 1. The van der Waals surface area contributed by atoms with Crippen LogP contribution in [0.15, 0.2) is 48.5 Å². The maximum atomic E-state index is 12.1. The van der Waals surface area contributed by atoms with E-state index in [9.17, 15) is 4.79 Å². The number of methoxy groups -OCH3 is 1. The average Bonchev–Trinajstić information content (AvgIpc) is 3.52.